The highest BCUT2D eigenvalue weighted by atomic mass is 35.5. The number of nitrogens with two attached hydrogens (primary N) is 1. The molecule has 2 N–H and O–H groups in total. The third kappa shape index (κ3) is 2.82. The lowest BCUT2D eigenvalue weighted by Gasteiger charge is -2.09. The molecule has 0 aliphatic rings. The zero-order valence-corrected chi connectivity index (χ0v) is 11.3. The van der Waals surface area contributed by atoms with Gasteiger partial charge in [-0.15, -0.1) is 12.4 Å². The summed E-state index contributed by atoms with van der Waals surface area (Å²) >= 11 is 0. The van der Waals surface area contributed by atoms with Gasteiger partial charge in [-0.1, -0.05) is 38.0 Å². The Hall–Kier alpha value is -0.990. The largest absolute Gasteiger partial charge is 0.350 e. The molecule has 0 fully saturated rings. The molecule has 3 heteroatoms. The van der Waals surface area contributed by atoms with Crippen molar-refractivity contribution in [3.8, 4) is 0 Å². The molecule has 94 valence electrons. The van der Waals surface area contributed by atoms with E-state index in [0.29, 0.717) is 0 Å². The van der Waals surface area contributed by atoms with Crippen LogP contribution in [-0.2, 0) is 7.05 Å². The van der Waals surface area contributed by atoms with Gasteiger partial charge < -0.3 is 10.3 Å². The summed E-state index contributed by atoms with van der Waals surface area (Å²) < 4.78 is 2.16. The number of rotatable bonds is 4. The first-order valence-electron chi connectivity index (χ1n) is 6.03. The molecule has 0 amide bonds. The van der Waals surface area contributed by atoms with E-state index >= 15 is 0 Å². The van der Waals surface area contributed by atoms with E-state index in [1.54, 1.807) is 0 Å². The Labute approximate surface area is 109 Å². The maximum Gasteiger partial charge on any atom is 0.0481 e. The predicted octanol–water partition coefficient (Wildman–Crippen LogP) is 3.79. The van der Waals surface area contributed by atoms with Crippen LogP contribution in [-0.4, -0.2) is 4.57 Å². The van der Waals surface area contributed by atoms with Crippen LogP contribution in [0.3, 0.4) is 0 Å². The van der Waals surface area contributed by atoms with Crippen LogP contribution in [0.15, 0.2) is 30.5 Å². The van der Waals surface area contributed by atoms with Crippen molar-refractivity contribution in [1.29, 1.82) is 0 Å². The Balaban J connectivity index is 0.00000144. The fourth-order valence-corrected chi connectivity index (χ4v) is 2.25. The minimum absolute atomic E-state index is 0. The quantitative estimate of drug-likeness (QED) is 0.882. The number of halogens is 1. The molecule has 0 saturated heterocycles. The normalized spacial score (nSPS) is 12.4. The van der Waals surface area contributed by atoms with Crippen molar-refractivity contribution in [2.75, 3.05) is 0 Å². The topological polar surface area (TPSA) is 30.9 Å². The number of aryl methyl sites for hydroxylation is 1. The van der Waals surface area contributed by atoms with Crippen molar-refractivity contribution in [3.63, 3.8) is 0 Å². The lowest BCUT2D eigenvalue weighted by atomic mass is 10.0. The monoisotopic (exact) mass is 252 g/mol. The predicted molar refractivity (Wildman–Crippen MR) is 76.6 cm³/mol. The van der Waals surface area contributed by atoms with Crippen LogP contribution in [0, 0.1) is 0 Å². The van der Waals surface area contributed by atoms with Gasteiger partial charge in [0.2, 0.25) is 0 Å². The van der Waals surface area contributed by atoms with Crippen LogP contribution in [0.2, 0.25) is 0 Å². The van der Waals surface area contributed by atoms with Crippen LogP contribution in [0.1, 0.15) is 37.8 Å². The summed E-state index contributed by atoms with van der Waals surface area (Å²) in [6.07, 6.45) is 5.65. The van der Waals surface area contributed by atoms with E-state index in [-0.39, 0.29) is 18.4 Å². The SMILES string of the molecule is CCCC[C@H](N)c1cn(C)c2ccccc12.Cl. The van der Waals surface area contributed by atoms with Crippen molar-refractivity contribution >= 4 is 23.3 Å². The van der Waals surface area contributed by atoms with E-state index in [9.17, 15) is 0 Å². The van der Waals surface area contributed by atoms with Crippen LogP contribution in [0.5, 0.6) is 0 Å². The molecule has 0 radical (unpaired) electrons. The number of fused-ring (bicyclic) bond motifs is 1. The third-order valence-corrected chi connectivity index (χ3v) is 3.20. The van der Waals surface area contributed by atoms with Crippen molar-refractivity contribution in [2.24, 2.45) is 12.8 Å². The number of para-hydroxylation sites is 1. The molecule has 1 aromatic heterocycles. The van der Waals surface area contributed by atoms with Gasteiger partial charge in [-0.25, -0.2) is 0 Å². The third-order valence-electron chi connectivity index (χ3n) is 3.20. The summed E-state index contributed by atoms with van der Waals surface area (Å²) in [5.41, 5.74) is 8.80. The van der Waals surface area contributed by atoms with Crippen molar-refractivity contribution < 1.29 is 0 Å². The highest BCUT2D eigenvalue weighted by molar-refractivity contribution is 5.85. The second-order valence-electron chi connectivity index (χ2n) is 4.46. The molecule has 17 heavy (non-hydrogen) atoms. The van der Waals surface area contributed by atoms with Crippen molar-refractivity contribution in [3.05, 3.63) is 36.0 Å². The average Bonchev–Trinajstić information content (AvgIpc) is 2.65. The molecule has 0 spiro atoms. The second-order valence-corrected chi connectivity index (χ2v) is 4.46. The van der Waals surface area contributed by atoms with Gasteiger partial charge in [-0.05, 0) is 18.1 Å². The number of unbranched alkanes of at least 4 members (excludes halogenated alkanes) is 1. The summed E-state index contributed by atoms with van der Waals surface area (Å²) in [4.78, 5) is 0. The van der Waals surface area contributed by atoms with Crippen molar-refractivity contribution in [2.45, 2.75) is 32.2 Å². The molecule has 0 bridgehead atoms. The Morgan fingerprint density at radius 3 is 2.71 bits per heavy atom. The van der Waals surface area contributed by atoms with Gasteiger partial charge in [0.1, 0.15) is 0 Å². The van der Waals surface area contributed by atoms with Gasteiger partial charge in [0, 0.05) is 30.2 Å². The van der Waals surface area contributed by atoms with Gasteiger partial charge in [-0.3, -0.25) is 0 Å². The molecule has 0 unspecified atom stereocenters. The summed E-state index contributed by atoms with van der Waals surface area (Å²) in [6, 6.07) is 8.63. The molecule has 2 rings (SSSR count). The van der Waals surface area contributed by atoms with Crippen LogP contribution < -0.4 is 5.73 Å². The van der Waals surface area contributed by atoms with Gasteiger partial charge in [-0.2, -0.15) is 0 Å². The standard InChI is InChI=1S/C14H20N2.ClH/c1-3-4-8-13(15)12-10-16(2)14-9-6-5-7-11(12)14;/h5-7,9-10,13H,3-4,8,15H2,1-2H3;1H/t13-;/m0./s1. The Morgan fingerprint density at radius 1 is 1.29 bits per heavy atom. The Morgan fingerprint density at radius 2 is 2.00 bits per heavy atom. The molecule has 0 aliphatic carbocycles. The number of aromatic nitrogens is 1. The number of hydrogen-bond acceptors (Lipinski definition) is 1. The molecule has 2 nitrogen and oxygen atoms in total. The molecule has 0 saturated carbocycles. The molecular weight excluding hydrogens is 232 g/mol. The molecule has 1 heterocycles. The number of hydrogen-bond donors (Lipinski definition) is 1. The minimum atomic E-state index is 0. The fraction of sp³-hybridized carbons (Fsp3) is 0.429. The number of benzene rings is 1. The van der Waals surface area contributed by atoms with E-state index in [0.717, 1.165) is 6.42 Å². The van der Waals surface area contributed by atoms with Gasteiger partial charge in [0.15, 0.2) is 0 Å². The smallest absolute Gasteiger partial charge is 0.0481 e. The summed E-state index contributed by atoms with van der Waals surface area (Å²) in [5.74, 6) is 0. The first kappa shape index (κ1) is 14.1. The van der Waals surface area contributed by atoms with Crippen LogP contribution in [0.4, 0.5) is 0 Å². The zero-order chi connectivity index (χ0) is 11.5. The van der Waals surface area contributed by atoms with Gasteiger partial charge in [0.05, 0.1) is 0 Å². The average molecular weight is 253 g/mol. The zero-order valence-electron chi connectivity index (χ0n) is 10.5. The Kier molecular flexibility index (Phi) is 5.03. The highest BCUT2D eigenvalue weighted by Gasteiger charge is 2.12. The lowest BCUT2D eigenvalue weighted by molar-refractivity contribution is 0.605. The van der Waals surface area contributed by atoms with Gasteiger partial charge >= 0.3 is 0 Å². The van der Waals surface area contributed by atoms with Gasteiger partial charge in [0.25, 0.3) is 0 Å². The van der Waals surface area contributed by atoms with Crippen LogP contribution >= 0.6 is 12.4 Å². The maximum absolute atomic E-state index is 6.25. The molecule has 1 aromatic carbocycles. The van der Waals surface area contributed by atoms with E-state index < -0.39 is 0 Å². The summed E-state index contributed by atoms with van der Waals surface area (Å²) in [5, 5.41) is 1.30. The first-order chi connectivity index (χ1) is 7.74. The van der Waals surface area contributed by atoms with Crippen LogP contribution in [0.25, 0.3) is 10.9 Å². The molecular formula is C14H21ClN2. The first-order valence-corrected chi connectivity index (χ1v) is 6.03. The molecule has 2 aromatic rings. The molecule has 0 aliphatic heterocycles. The van der Waals surface area contributed by atoms with E-state index in [4.69, 9.17) is 5.73 Å². The second kappa shape index (κ2) is 6.08. The van der Waals surface area contributed by atoms with E-state index in [1.165, 1.54) is 29.3 Å². The fourth-order valence-electron chi connectivity index (χ4n) is 2.25. The lowest BCUT2D eigenvalue weighted by Crippen LogP contribution is -2.09. The van der Waals surface area contributed by atoms with E-state index in [1.807, 2.05) is 0 Å². The maximum atomic E-state index is 6.25. The van der Waals surface area contributed by atoms with Crippen molar-refractivity contribution in [1.82, 2.24) is 4.57 Å². The minimum Gasteiger partial charge on any atom is -0.350 e. The summed E-state index contributed by atoms with van der Waals surface area (Å²) in [6.45, 7) is 2.20. The van der Waals surface area contributed by atoms with E-state index in [2.05, 4.69) is 49.0 Å². The summed E-state index contributed by atoms with van der Waals surface area (Å²) in [7, 11) is 2.08. The Bertz CT molecular complexity index is 476. The molecule has 1 atom stereocenters. The number of nitrogens with zero attached hydrogens (tertiary/aromatic N) is 1. The highest BCUT2D eigenvalue weighted by Crippen LogP contribution is 2.27.